The van der Waals surface area contributed by atoms with Crippen molar-refractivity contribution in [2.75, 3.05) is 52.6 Å². The molecule has 1 unspecified atom stereocenters. The summed E-state index contributed by atoms with van der Waals surface area (Å²) in [6.07, 6.45) is 10.8. The van der Waals surface area contributed by atoms with Gasteiger partial charge in [-0.25, -0.2) is 12.7 Å². The predicted molar refractivity (Wildman–Crippen MR) is 106 cm³/mol. The smallest absolute Gasteiger partial charge is 0.230 e. The molecule has 4 rings (SSSR count). The molecule has 1 aliphatic carbocycles. The highest BCUT2D eigenvalue weighted by Gasteiger charge is 2.65. The number of hydrogen-bond donors (Lipinski definition) is 0. The molecule has 0 aromatic heterocycles. The summed E-state index contributed by atoms with van der Waals surface area (Å²) in [5.41, 5.74) is -0.678. The van der Waals surface area contributed by atoms with Crippen LogP contribution in [0.4, 0.5) is 0 Å². The molecule has 3 aliphatic heterocycles. The molecular formula is C20H35N3O3S. The Labute approximate surface area is 164 Å². The van der Waals surface area contributed by atoms with Gasteiger partial charge in [-0.1, -0.05) is 19.3 Å². The van der Waals surface area contributed by atoms with E-state index in [2.05, 4.69) is 4.90 Å². The number of nitrogens with zero attached hydrogens (tertiary/aromatic N) is 3. The van der Waals surface area contributed by atoms with E-state index in [-0.39, 0.29) is 11.3 Å². The zero-order chi connectivity index (χ0) is 19.3. The van der Waals surface area contributed by atoms with E-state index in [9.17, 15) is 13.2 Å². The Bertz CT molecular complexity index is 681. The van der Waals surface area contributed by atoms with Crippen LogP contribution in [0.3, 0.4) is 0 Å². The van der Waals surface area contributed by atoms with Crippen LogP contribution in [0.1, 0.15) is 51.4 Å². The molecule has 0 radical (unpaired) electrons. The summed E-state index contributed by atoms with van der Waals surface area (Å²) in [5, 5.41) is 0. The molecule has 0 aromatic rings. The average molecular weight is 398 g/mol. The van der Waals surface area contributed by atoms with Gasteiger partial charge in [0.2, 0.25) is 15.9 Å². The van der Waals surface area contributed by atoms with Crippen molar-refractivity contribution in [2.45, 2.75) is 51.4 Å². The topological polar surface area (TPSA) is 60.9 Å². The van der Waals surface area contributed by atoms with Crippen LogP contribution in [0.5, 0.6) is 0 Å². The van der Waals surface area contributed by atoms with Crippen molar-refractivity contribution in [2.24, 2.45) is 16.7 Å². The fourth-order valence-electron chi connectivity index (χ4n) is 6.35. The first-order valence-electron chi connectivity index (χ1n) is 10.7. The fourth-order valence-corrected chi connectivity index (χ4v) is 7.29. The Morgan fingerprint density at radius 1 is 1.00 bits per heavy atom. The maximum atomic E-state index is 13.2. The third-order valence-corrected chi connectivity index (χ3v) is 9.29. The molecule has 27 heavy (non-hydrogen) atoms. The largest absolute Gasteiger partial charge is 0.345 e. The van der Waals surface area contributed by atoms with Crippen LogP contribution >= 0.6 is 0 Å². The van der Waals surface area contributed by atoms with E-state index in [1.807, 2.05) is 11.9 Å². The zero-order valence-corrected chi connectivity index (χ0v) is 17.8. The van der Waals surface area contributed by atoms with Crippen LogP contribution in [0.25, 0.3) is 0 Å². The van der Waals surface area contributed by atoms with Gasteiger partial charge in [0.1, 0.15) is 0 Å². The third kappa shape index (κ3) is 3.33. The minimum absolute atomic E-state index is 0.175. The quantitative estimate of drug-likeness (QED) is 0.728. The number of carbonyl (C=O) groups excluding carboxylic acids is 1. The molecule has 2 spiro atoms. The minimum atomic E-state index is -3.27. The van der Waals surface area contributed by atoms with Gasteiger partial charge in [-0.3, -0.25) is 4.79 Å². The Morgan fingerprint density at radius 2 is 1.67 bits per heavy atom. The van der Waals surface area contributed by atoms with Crippen LogP contribution in [-0.4, -0.2) is 81.0 Å². The van der Waals surface area contributed by atoms with Crippen LogP contribution in [0.15, 0.2) is 0 Å². The Morgan fingerprint density at radius 3 is 2.22 bits per heavy atom. The molecule has 6 nitrogen and oxygen atoms in total. The summed E-state index contributed by atoms with van der Waals surface area (Å²) >= 11 is 0. The zero-order valence-electron chi connectivity index (χ0n) is 17.0. The predicted octanol–water partition coefficient (Wildman–Crippen LogP) is 1.77. The summed E-state index contributed by atoms with van der Waals surface area (Å²) < 4.78 is 26.2. The van der Waals surface area contributed by atoms with Gasteiger partial charge >= 0.3 is 0 Å². The van der Waals surface area contributed by atoms with Gasteiger partial charge in [-0.2, -0.15) is 0 Å². The number of piperidine rings is 1. The lowest BCUT2D eigenvalue weighted by Gasteiger charge is -2.47. The summed E-state index contributed by atoms with van der Waals surface area (Å²) in [6.45, 7) is 4.87. The Kier molecular flexibility index (Phi) is 5.09. The van der Waals surface area contributed by atoms with Crippen molar-refractivity contribution < 1.29 is 13.2 Å². The standard InChI is InChI=1S/C20H35N3O3S/c1-21-11-10-20(18(21)24)16-23(27(2,25)26)15-19(20)8-12-22(13-9-19)14-17-6-4-3-5-7-17/h17H,3-16H2,1-2H3. The lowest BCUT2D eigenvalue weighted by atomic mass is 9.60. The first kappa shape index (κ1) is 19.6. The molecule has 0 aromatic carbocycles. The number of hydrogen-bond acceptors (Lipinski definition) is 4. The molecular weight excluding hydrogens is 362 g/mol. The molecule has 1 amide bonds. The third-order valence-electron chi connectivity index (χ3n) is 8.09. The molecule has 0 bridgehead atoms. The molecule has 4 fully saturated rings. The number of fused-ring (bicyclic) bond motifs is 1. The van der Waals surface area contributed by atoms with Crippen molar-refractivity contribution in [3.05, 3.63) is 0 Å². The van der Waals surface area contributed by atoms with E-state index < -0.39 is 15.4 Å². The molecule has 7 heteroatoms. The fraction of sp³-hybridized carbons (Fsp3) is 0.950. The van der Waals surface area contributed by atoms with Crippen molar-refractivity contribution in [3.8, 4) is 0 Å². The molecule has 3 saturated heterocycles. The number of amides is 1. The van der Waals surface area contributed by atoms with E-state index in [0.717, 1.165) is 44.8 Å². The van der Waals surface area contributed by atoms with Crippen LogP contribution in [-0.2, 0) is 14.8 Å². The summed E-state index contributed by atoms with van der Waals surface area (Å²) in [5.74, 6) is 1.01. The maximum Gasteiger partial charge on any atom is 0.230 e. The second kappa shape index (κ2) is 6.99. The summed E-state index contributed by atoms with van der Waals surface area (Å²) in [4.78, 5) is 17.6. The van der Waals surface area contributed by atoms with Gasteiger partial charge in [-0.15, -0.1) is 0 Å². The van der Waals surface area contributed by atoms with Gasteiger partial charge in [0.15, 0.2) is 0 Å². The van der Waals surface area contributed by atoms with E-state index >= 15 is 0 Å². The van der Waals surface area contributed by atoms with E-state index in [1.165, 1.54) is 44.9 Å². The van der Waals surface area contributed by atoms with E-state index in [4.69, 9.17) is 0 Å². The molecule has 4 aliphatic rings. The van der Waals surface area contributed by atoms with Crippen LogP contribution in [0.2, 0.25) is 0 Å². The van der Waals surface area contributed by atoms with Crippen LogP contribution in [0, 0.1) is 16.7 Å². The van der Waals surface area contributed by atoms with Crippen molar-refractivity contribution in [3.63, 3.8) is 0 Å². The van der Waals surface area contributed by atoms with Crippen LogP contribution < -0.4 is 0 Å². The number of likely N-dealkylation sites (tertiary alicyclic amines) is 2. The summed E-state index contributed by atoms with van der Waals surface area (Å²) in [7, 11) is -1.40. The lowest BCUT2D eigenvalue weighted by Crippen LogP contribution is -2.53. The molecule has 1 saturated carbocycles. The van der Waals surface area contributed by atoms with Gasteiger partial charge in [0, 0.05) is 38.6 Å². The van der Waals surface area contributed by atoms with Gasteiger partial charge in [0.05, 0.1) is 11.7 Å². The SMILES string of the molecule is CN1CCC2(CN(S(C)(=O)=O)CC23CCN(CC2CCCCC2)CC3)C1=O. The average Bonchev–Trinajstić information content (AvgIpc) is 3.12. The first-order chi connectivity index (χ1) is 12.8. The monoisotopic (exact) mass is 397 g/mol. The van der Waals surface area contributed by atoms with Crippen molar-refractivity contribution in [1.29, 1.82) is 0 Å². The molecule has 154 valence electrons. The second-order valence-corrected chi connectivity index (χ2v) is 11.7. The molecule has 1 atom stereocenters. The number of carbonyl (C=O) groups is 1. The van der Waals surface area contributed by atoms with Gasteiger partial charge < -0.3 is 9.80 Å². The number of rotatable bonds is 3. The Balaban J connectivity index is 1.51. The lowest BCUT2D eigenvalue weighted by molar-refractivity contribution is -0.141. The van der Waals surface area contributed by atoms with Crippen molar-refractivity contribution in [1.82, 2.24) is 14.1 Å². The maximum absolute atomic E-state index is 13.2. The Hall–Kier alpha value is -0.660. The van der Waals surface area contributed by atoms with Gasteiger partial charge in [0.25, 0.3) is 0 Å². The van der Waals surface area contributed by atoms with Crippen molar-refractivity contribution >= 4 is 15.9 Å². The summed E-state index contributed by atoms with van der Waals surface area (Å²) in [6, 6.07) is 0. The molecule has 3 heterocycles. The molecule has 0 N–H and O–H groups in total. The highest BCUT2D eigenvalue weighted by atomic mass is 32.2. The number of sulfonamides is 1. The second-order valence-electron chi connectivity index (χ2n) is 9.67. The normalized spacial score (nSPS) is 33.6. The van der Waals surface area contributed by atoms with E-state index in [1.54, 1.807) is 4.31 Å². The van der Waals surface area contributed by atoms with Gasteiger partial charge in [-0.05, 0) is 51.1 Å². The first-order valence-corrected chi connectivity index (χ1v) is 12.5. The highest BCUT2D eigenvalue weighted by Crippen LogP contribution is 2.58. The van der Waals surface area contributed by atoms with E-state index in [0.29, 0.717) is 13.1 Å². The highest BCUT2D eigenvalue weighted by molar-refractivity contribution is 7.88. The minimum Gasteiger partial charge on any atom is -0.345 e.